The van der Waals surface area contributed by atoms with E-state index in [1.807, 2.05) is 19.1 Å². The molecular weight excluding hydrogens is 216 g/mol. The van der Waals surface area contributed by atoms with Crippen molar-refractivity contribution in [3.8, 4) is 0 Å². The Morgan fingerprint density at radius 1 is 1.53 bits per heavy atom. The molecule has 0 saturated heterocycles. The van der Waals surface area contributed by atoms with Gasteiger partial charge in [0.25, 0.3) is 0 Å². The quantitative estimate of drug-likeness (QED) is 0.736. The Kier molecular flexibility index (Phi) is 6.25. The lowest BCUT2D eigenvalue weighted by atomic mass is 10.1. The summed E-state index contributed by atoms with van der Waals surface area (Å²) >= 11 is 0. The van der Waals surface area contributed by atoms with Crippen LogP contribution in [0.3, 0.4) is 0 Å². The molecule has 1 heterocycles. The molecule has 94 valence electrons. The van der Waals surface area contributed by atoms with E-state index in [4.69, 9.17) is 4.74 Å². The second kappa shape index (κ2) is 7.79. The number of nitrogens with one attached hydrogen (secondary N) is 1. The third-order valence-corrected chi connectivity index (χ3v) is 2.40. The first-order valence-electron chi connectivity index (χ1n) is 6.06. The molecule has 0 fully saturated rings. The summed E-state index contributed by atoms with van der Waals surface area (Å²) in [6.45, 7) is 5.21. The maximum Gasteiger partial charge on any atom is 0.307 e. The predicted molar refractivity (Wildman–Crippen MR) is 66.5 cm³/mol. The van der Waals surface area contributed by atoms with E-state index in [0.717, 1.165) is 18.5 Å². The Labute approximate surface area is 102 Å². The van der Waals surface area contributed by atoms with E-state index in [1.165, 1.54) is 0 Å². The lowest BCUT2D eigenvalue weighted by molar-refractivity contribution is -0.143. The number of esters is 1. The topological polar surface area (TPSA) is 51.2 Å². The molecule has 4 nitrogen and oxygen atoms in total. The number of carbonyl (C=O) groups excluding carboxylic acids is 1. The predicted octanol–water partition coefficient (Wildman–Crippen LogP) is 2.08. The van der Waals surface area contributed by atoms with Crippen molar-refractivity contribution in [2.75, 3.05) is 13.2 Å². The zero-order valence-electron chi connectivity index (χ0n) is 10.5. The number of aromatic nitrogens is 1. The molecular formula is C13H20N2O2. The standard InChI is InChI=1S/C13H20N2O2/c1-3-7-15-12(9-13(16)17-4-2)11-6-5-8-14-10-11/h5-6,8,10,12,15H,3-4,7,9H2,1-2H3. The van der Waals surface area contributed by atoms with E-state index in [0.29, 0.717) is 13.0 Å². The normalized spacial score (nSPS) is 12.1. The molecule has 0 aliphatic heterocycles. The van der Waals surface area contributed by atoms with Gasteiger partial charge in [0, 0.05) is 18.4 Å². The Bertz CT molecular complexity index is 327. The van der Waals surface area contributed by atoms with Crippen molar-refractivity contribution in [1.82, 2.24) is 10.3 Å². The number of ether oxygens (including phenoxy) is 1. The van der Waals surface area contributed by atoms with Gasteiger partial charge in [0.1, 0.15) is 0 Å². The van der Waals surface area contributed by atoms with Crippen LogP contribution in [0.1, 0.15) is 38.3 Å². The first-order chi connectivity index (χ1) is 8.27. The van der Waals surface area contributed by atoms with Gasteiger partial charge in [0.2, 0.25) is 0 Å². The van der Waals surface area contributed by atoms with Crippen LogP contribution in [0.5, 0.6) is 0 Å². The van der Waals surface area contributed by atoms with E-state index < -0.39 is 0 Å². The molecule has 0 bridgehead atoms. The number of pyridine rings is 1. The fraction of sp³-hybridized carbons (Fsp3) is 0.538. The fourth-order valence-corrected chi connectivity index (χ4v) is 1.60. The third-order valence-electron chi connectivity index (χ3n) is 2.40. The van der Waals surface area contributed by atoms with Crippen LogP contribution in [0, 0.1) is 0 Å². The Morgan fingerprint density at radius 2 is 2.35 bits per heavy atom. The summed E-state index contributed by atoms with van der Waals surface area (Å²) in [4.78, 5) is 15.6. The van der Waals surface area contributed by atoms with Crippen molar-refractivity contribution in [3.05, 3.63) is 30.1 Å². The smallest absolute Gasteiger partial charge is 0.307 e. The summed E-state index contributed by atoms with van der Waals surface area (Å²) in [5, 5.41) is 3.33. The van der Waals surface area contributed by atoms with Crippen molar-refractivity contribution in [2.24, 2.45) is 0 Å². The van der Waals surface area contributed by atoms with Crippen LogP contribution in [0.25, 0.3) is 0 Å². The van der Waals surface area contributed by atoms with Crippen molar-refractivity contribution < 1.29 is 9.53 Å². The zero-order valence-corrected chi connectivity index (χ0v) is 10.5. The average molecular weight is 236 g/mol. The summed E-state index contributed by atoms with van der Waals surface area (Å²) in [6, 6.07) is 3.84. The lowest BCUT2D eigenvalue weighted by Gasteiger charge is -2.17. The number of rotatable bonds is 7. The van der Waals surface area contributed by atoms with Gasteiger partial charge >= 0.3 is 5.97 Å². The molecule has 1 atom stereocenters. The third kappa shape index (κ3) is 4.95. The number of hydrogen-bond donors (Lipinski definition) is 1. The largest absolute Gasteiger partial charge is 0.466 e. The summed E-state index contributed by atoms with van der Waals surface area (Å²) in [6.07, 6.45) is 4.89. The van der Waals surface area contributed by atoms with Gasteiger partial charge in [-0.1, -0.05) is 13.0 Å². The molecule has 1 aromatic rings. The zero-order chi connectivity index (χ0) is 12.5. The van der Waals surface area contributed by atoms with Gasteiger partial charge in [-0.3, -0.25) is 9.78 Å². The van der Waals surface area contributed by atoms with Crippen LogP contribution in [-0.4, -0.2) is 24.1 Å². The second-order valence-corrected chi connectivity index (χ2v) is 3.80. The summed E-state index contributed by atoms with van der Waals surface area (Å²) in [5.74, 6) is -0.176. The number of carbonyl (C=O) groups is 1. The highest BCUT2D eigenvalue weighted by Crippen LogP contribution is 2.16. The van der Waals surface area contributed by atoms with Gasteiger partial charge < -0.3 is 10.1 Å². The van der Waals surface area contributed by atoms with Crippen LogP contribution in [0.2, 0.25) is 0 Å². The molecule has 0 amide bonds. The highest BCUT2D eigenvalue weighted by atomic mass is 16.5. The van der Waals surface area contributed by atoms with Crippen LogP contribution in [0.4, 0.5) is 0 Å². The molecule has 17 heavy (non-hydrogen) atoms. The van der Waals surface area contributed by atoms with Gasteiger partial charge in [-0.15, -0.1) is 0 Å². The first kappa shape index (κ1) is 13.6. The van der Waals surface area contributed by atoms with E-state index in [2.05, 4.69) is 17.2 Å². The number of hydrogen-bond acceptors (Lipinski definition) is 4. The van der Waals surface area contributed by atoms with Crippen LogP contribution >= 0.6 is 0 Å². The highest BCUT2D eigenvalue weighted by Gasteiger charge is 2.15. The SMILES string of the molecule is CCCNC(CC(=O)OCC)c1cccnc1. The molecule has 0 radical (unpaired) electrons. The molecule has 0 spiro atoms. The van der Waals surface area contributed by atoms with Gasteiger partial charge in [-0.05, 0) is 31.5 Å². The second-order valence-electron chi connectivity index (χ2n) is 3.80. The molecule has 1 unspecified atom stereocenters. The molecule has 0 aliphatic rings. The average Bonchev–Trinajstić information content (AvgIpc) is 2.36. The monoisotopic (exact) mass is 236 g/mol. The Balaban J connectivity index is 2.63. The maximum absolute atomic E-state index is 11.5. The summed E-state index contributed by atoms with van der Waals surface area (Å²) in [7, 11) is 0. The van der Waals surface area contributed by atoms with Crippen LogP contribution in [-0.2, 0) is 9.53 Å². The van der Waals surface area contributed by atoms with Gasteiger partial charge in [-0.25, -0.2) is 0 Å². The first-order valence-corrected chi connectivity index (χ1v) is 6.06. The Hall–Kier alpha value is -1.42. The fourth-order valence-electron chi connectivity index (χ4n) is 1.60. The van der Waals surface area contributed by atoms with Crippen LogP contribution in [0.15, 0.2) is 24.5 Å². The Morgan fingerprint density at radius 3 is 2.94 bits per heavy atom. The highest BCUT2D eigenvalue weighted by molar-refractivity contribution is 5.70. The summed E-state index contributed by atoms with van der Waals surface area (Å²) in [5.41, 5.74) is 1.02. The van der Waals surface area contributed by atoms with Gasteiger partial charge in [-0.2, -0.15) is 0 Å². The molecule has 4 heteroatoms. The van der Waals surface area contributed by atoms with Crippen molar-refractivity contribution in [2.45, 2.75) is 32.7 Å². The van der Waals surface area contributed by atoms with Crippen LogP contribution < -0.4 is 5.32 Å². The van der Waals surface area contributed by atoms with E-state index in [-0.39, 0.29) is 12.0 Å². The van der Waals surface area contributed by atoms with Crippen molar-refractivity contribution in [1.29, 1.82) is 0 Å². The van der Waals surface area contributed by atoms with Crippen molar-refractivity contribution in [3.63, 3.8) is 0 Å². The van der Waals surface area contributed by atoms with Gasteiger partial charge in [0.15, 0.2) is 0 Å². The number of nitrogens with zero attached hydrogens (tertiary/aromatic N) is 1. The lowest BCUT2D eigenvalue weighted by Crippen LogP contribution is -2.25. The van der Waals surface area contributed by atoms with E-state index in [1.54, 1.807) is 12.4 Å². The van der Waals surface area contributed by atoms with E-state index in [9.17, 15) is 4.79 Å². The van der Waals surface area contributed by atoms with Gasteiger partial charge in [0.05, 0.1) is 13.0 Å². The molecule has 0 aliphatic carbocycles. The molecule has 1 rings (SSSR count). The van der Waals surface area contributed by atoms with Crippen molar-refractivity contribution >= 4 is 5.97 Å². The maximum atomic E-state index is 11.5. The minimum Gasteiger partial charge on any atom is -0.466 e. The minimum atomic E-state index is -0.176. The molecule has 0 saturated carbocycles. The minimum absolute atomic E-state index is 0.0114. The van der Waals surface area contributed by atoms with E-state index >= 15 is 0 Å². The molecule has 0 aromatic carbocycles. The summed E-state index contributed by atoms with van der Waals surface area (Å²) < 4.78 is 4.97. The molecule has 1 aromatic heterocycles. The molecule has 1 N–H and O–H groups in total.